The fourth-order valence-electron chi connectivity index (χ4n) is 2.39. The Balaban J connectivity index is 2.08. The number of carbonyl (C=O) groups excluding carboxylic acids is 2. The molecule has 2 aromatic carbocycles. The second-order valence-electron chi connectivity index (χ2n) is 5.70. The van der Waals surface area contributed by atoms with Gasteiger partial charge in [-0.3, -0.25) is 4.79 Å². The topological polar surface area (TPSA) is 91.2 Å². The molecule has 0 atom stereocenters. The molecule has 0 radical (unpaired) electrons. The van der Waals surface area contributed by atoms with E-state index >= 15 is 0 Å². The summed E-state index contributed by atoms with van der Waals surface area (Å²) >= 11 is 0. The summed E-state index contributed by atoms with van der Waals surface area (Å²) in [5.41, 5.74) is 2.62. The van der Waals surface area contributed by atoms with E-state index in [1.807, 2.05) is 37.3 Å². The number of aryl methyl sites for hydroxylation is 1. The van der Waals surface area contributed by atoms with E-state index in [4.69, 9.17) is 4.74 Å². The molecule has 6 heteroatoms. The third-order valence-electron chi connectivity index (χ3n) is 3.84. The van der Waals surface area contributed by atoms with Gasteiger partial charge in [0.05, 0.1) is 17.9 Å². The van der Waals surface area contributed by atoms with Gasteiger partial charge in [0.15, 0.2) is 0 Å². The second kappa shape index (κ2) is 9.78. The van der Waals surface area contributed by atoms with E-state index in [0.29, 0.717) is 12.2 Å². The number of amides is 1. The Morgan fingerprint density at radius 3 is 2.56 bits per heavy atom. The van der Waals surface area contributed by atoms with Crippen LogP contribution in [0, 0.1) is 18.3 Å². The van der Waals surface area contributed by atoms with Crippen molar-refractivity contribution in [1.82, 2.24) is 5.32 Å². The van der Waals surface area contributed by atoms with Crippen molar-refractivity contribution in [2.75, 3.05) is 11.9 Å². The number of esters is 1. The van der Waals surface area contributed by atoms with Crippen LogP contribution in [0.3, 0.4) is 0 Å². The molecule has 0 aliphatic rings. The smallest absolute Gasteiger partial charge is 0.340 e. The van der Waals surface area contributed by atoms with Crippen molar-refractivity contribution < 1.29 is 14.3 Å². The van der Waals surface area contributed by atoms with Crippen molar-refractivity contribution in [1.29, 1.82) is 5.26 Å². The van der Waals surface area contributed by atoms with E-state index in [2.05, 4.69) is 10.6 Å². The first-order valence-corrected chi connectivity index (χ1v) is 8.52. The molecule has 0 saturated carbocycles. The standard InChI is InChI=1S/C21H21N3O3/c1-3-27-21(26)18-10-6-7-11-19(18)24-20(25)17(12-22)14-23-13-16-9-5-4-8-15(16)2/h4-11,14,23H,3,13H2,1-2H3,(H,24,25)/b17-14-. The molecule has 2 N–H and O–H groups in total. The summed E-state index contributed by atoms with van der Waals surface area (Å²) in [5, 5.41) is 14.8. The van der Waals surface area contributed by atoms with Crippen LogP contribution < -0.4 is 10.6 Å². The van der Waals surface area contributed by atoms with Crippen molar-refractivity contribution in [3.63, 3.8) is 0 Å². The predicted octanol–water partition coefficient (Wildman–Crippen LogP) is 3.31. The summed E-state index contributed by atoms with van der Waals surface area (Å²) in [4.78, 5) is 24.4. The van der Waals surface area contributed by atoms with Gasteiger partial charge in [0.2, 0.25) is 0 Å². The minimum Gasteiger partial charge on any atom is -0.462 e. The van der Waals surface area contributed by atoms with Gasteiger partial charge in [-0.1, -0.05) is 36.4 Å². The zero-order valence-electron chi connectivity index (χ0n) is 15.3. The van der Waals surface area contributed by atoms with Crippen LogP contribution in [0.25, 0.3) is 0 Å². The largest absolute Gasteiger partial charge is 0.462 e. The molecule has 6 nitrogen and oxygen atoms in total. The molecule has 2 aromatic rings. The Morgan fingerprint density at radius 1 is 1.15 bits per heavy atom. The second-order valence-corrected chi connectivity index (χ2v) is 5.70. The number of nitrogens with one attached hydrogen (secondary N) is 2. The van der Waals surface area contributed by atoms with Gasteiger partial charge in [-0.2, -0.15) is 5.26 Å². The van der Waals surface area contributed by atoms with Gasteiger partial charge >= 0.3 is 5.97 Å². The molecule has 0 unspecified atom stereocenters. The Bertz CT molecular complexity index is 898. The number of hydrogen-bond acceptors (Lipinski definition) is 5. The lowest BCUT2D eigenvalue weighted by molar-refractivity contribution is -0.112. The molecule has 0 spiro atoms. The first-order valence-electron chi connectivity index (χ1n) is 8.52. The van der Waals surface area contributed by atoms with Crippen molar-refractivity contribution in [2.24, 2.45) is 0 Å². The average molecular weight is 363 g/mol. The lowest BCUT2D eigenvalue weighted by Gasteiger charge is -2.10. The van der Waals surface area contributed by atoms with E-state index in [1.54, 1.807) is 31.2 Å². The van der Waals surface area contributed by atoms with Crippen LogP contribution in [0.4, 0.5) is 5.69 Å². The molecule has 0 saturated heterocycles. The Morgan fingerprint density at radius 2 is 1.85 bits per heavy atom. The minimum atomic E-state index is -0.605. The number of ether oxygens (including phenoxy) is 1. The Kier molecular flexibility index (Phi) is 7.15. The normalized spacial score (nSPS) is 10.6. The van der Waals surface area contributed by atoms with Gasteiger partial charge in [-0.15, -0.1) is 0 Å². The van der Waals surface area contributed by atoms with Crippen LogP contribution in [0.1, 0.15) is 28.4 Å². The van der Waals surface area contributed by atoms with E-state index in [-0.39, 0.29) is 17.7 Å². The van der Waals surface area contributed by atoms with Crippen molar-refractivity contribution in [3.8, 4) is 6.07 Å². The Hall–Kier alpha value is -3.59. The highest BCUT2D eigenvalue weighted by molar-refractivity contribution is 6.09. The SMILES string of the molecule is CCOC(=O)c1ccccc1NC(=O)/C(C#N)=C\NCc1ccccc1C. The lowest BCUT2D eigenvalue weighted by atomic mass is 10.1. The number of nitriles is 1. The molecule has 27 heavy (non-hydrogen) atoms. The molecule has 0 bridgehead atoms. The van der Waals surface area contributed by atoms with E-state index in [9.17, 15) is 14.9 Å². The molecule has 0 aromatic heterocycles. The number of anilines is 1. The van der Waals surface area contributed by atoms with E-state index in [1.165, 1.54) is 6.20 Å². The van der Waals surface area contributed by atoms with Gasteiger partial charge < -0.3 is 15.4 Å². The van der Waals surface area contributed by atoms with Crippen LogP contribution in [0.2, 0.25) is 0 Å². The van der Waals surface area contributed by atoms with Crippen molar-refractivity contribution in [2.45, 2.75) is 20.4 Å². The minimum absolute atomic E-state index is 0.0951. The lowest BCUT2D eigenvalue weighted by Crippen LogP contribution is -2.19. The number of benzene rings is 2. The molecule has 0 aliphatic heterocycles. The van der Waals surface area contributed by atoms with E-state index in [0.717, 1.165) is 11.1 Å². The maximum absolute atomic E-state index is 12.4. The maximum Gasteiger partial charge on any atom is 0.340 e. The van der Waals surface area contributed by atoms with Crippen LogP contribution in [0.5, 0.6) is 0 Å². The van der Waals surface area contributed by atoms with E-state index < -0.39 is 11.9 Å². The molecule has 2 rings (SSSR count). The summed E-state index contributed by atoms with van der Waals surface area (Å²) in [7, 11) is 0. The molecule has 0 aliphatic carbocycles. The fraction of sp³-hybridized carbons (Fsp3) is 0.190. The molecule has 0 fully saturated rings. The first-order chi connectivity index (χ1) is 13.1. The van der Waals surface area contributed by atoms with Gasteiger partial charge in [-0.25, -0.2) is 4.79 Å². The quantitative estimate of drug-likeness (QED) is 0.447. The molecular formula is C21H21N3O3. The number of hydrogen-bond donors (Lipinski definition) is 2. The average Bonchev–Trinajstić information content (AvgIpc) is 2.67. The summed E-state index contributed by atoms with van der Waals surface area (Å²) in [6, 6.07) is 16.2. The molecule has 138 valence electrons. The molecular weight excluding hydrogens is 342 g/mol. The van der Waals surface area contributed by atoms with Crippen LogP contribution in [-0.4, -0.2) is 18.5 Å². The summed E-state index contributed by atoms with van der Waals surface area (Å²) in [6.45, 7) is 4.42. The van der Waals surface area contributed by atoms with Crippen molar-refractivity contribution in [3.05, 3.63) is 77.0 Å². The van der Waals surface area contributed by atoms with Crippen molar-refractivity contribution >= 4 is 17.6 Å². The fourth-order valence-corrected chi connectivity index (χ4v) is 2.39. The third kappa shape index (κ3) is 5.44. The number of rotatable bonds is 7. The van der Waals surface area contributed by atoms with Gasteiger partial charge in [0.1, 0.15) is 11.6 Å². The summed E-state index contributed by atoms with van der Waals surface area (Å²) < 4.78 is 4.98. The highest BCUT2D eigenvalue weighted by Crippen LogP contribution is 2.17. The zero-order valence-corrected chi connectivity index (χ0v) is 15.3. The van der Waals surface area contributed by atoms with Crippen LogP contribution in [-0.2, 0) is 16.1 Å². The number of para-hydroxylation sites is 1. The van der Waals surface area contributed by atoms with Crippen LogP contribution >= 0.6 is 0 Å². The third-order valence-corrected chi connectivity index (χ3v) is 3.84. The first kappa shape index (κ1) is 19.7. The maximum atomic E-state index is 12.4. The molecule has 1 amide bonds. The monoisotopic (exact) mass is 363 g/mol. The highest BCUT2D eigenvalue weighted by Gasteiger charge is 2.16. The number of carbonyl (C=O) groups is 2. The summed E-state index contributed by atoms with van der Waals surface area (Å²) in [6.07, 6.45) is 1.37. The molecule has 0 heterocycles. The van der Waals surface area contributed by atoms with Crippen LogP contribution in [0.15, 0.2) is 60.3 Å². The highest BCUT2D eigenvalue weighted by atomic mass is 16.5. The van der Waals surface area contributed by atoms with Gasteiger partial charge in [0, 0.05) is 12.7 Å². The van der Waals surface area contributed by atoms with Gasteiger partial charge in [0.25, 0.3) is 5.91 Å². The van der Waals surface area contributed by atoms with Gasteiger partial charge in [-0.05, 0) is 37.1 Å². The number of nitrogens with zero attached hydrogens (tertiary/aromatic N) is 1. The summed E-state index contributed by atoms with van der Waals surface area (Å²) in [5.74, 6) is -1.14. The Labute approximate surface area is 158 Å². The predicted molar refractivity (Wildman–Crippen MR) is 103 cm³/mol. The zero-order chi connectivity index (χ0) is 19.6.